The Labute approximate surface area is 180 Å². The fourth-order valence-electron chi connectivity index (χ4n) is 2.69. The van der Waals surface area contributed by atoms with Crippen LogP contribution in [0.4, 0.5) is 5.69 Å². The summed E-state index contributed by atoms with van der Waals surface area (Å²) >= 11 is 9.53. The molecule has 28 heavy (non-hydrogen) atoms. The highest BCUT2D eigenvalue weighted by Crippen LogP contribution is 2.25. The molecule has 0 fully saturated rings. The van der Waals surface area contributed by atoms with Gasteiger partial charge in [0.05, 0.1) is 5.75 Å². The molecular formula is C23H22ClNOS2. The number of carbonyl (C=O) groups is 1. The summed E-state index contributed by atoms with van der Waals surface area (Å²) in [5.74, 6) is 2.04. The van der Waals surface area contributed by atoms with Crippen molar-refractivity contribution in [2.75, 3.05) is 11.1 Å². The molecule has 3 rings (SSSR count). The molecule has 0 saturated carbocycles. The van der Waals surface area contributed by atoms with Crippen molar-refractivity contribution in [3.63, 3.8) is 0 Å². The van der Waals surface area contributed by atoms with Gasteiger partial charge in [-0.1, -0.05) is 60.1 Å². The molecule has 0 atom stereocenters. The van der Waals surface area contributed by atoms with Crippen LogP contribution in [0.25, 0.3) is 0 Å². The molecule has 1 amide bonds. The zero-order valence-corrected chi connectivity index (χ0v) is 18.0. The SMILES string of the molecule is Cc1cc(CSc2ccccc2)ccc1NC(=O)CSCc1ccccc1Cl. The van der Waals surface area contributed by atoms with Crippen LogP contribution in [0.3, 0.4) is 0 Å². The number of nitrogens with one attached hydrogen (secondary N) is 1. The van der Waals surface area contributed by atoms with Crippen molar-refractivity contribution in [3.8, 4) is 0 Å². The van der Waals surface area contributed by atoms with Crippen LogP contribution in [0.15, 0.2) is 77.7 Å². The Hall–Kier alpha value is -1.88. The summed E-state index contributed by atoms with van der Waals surface area (Å²) in [7, 11) is 0. The van der Waals surface area contributed by atoms with E-state index in [-0.39, 0.29) is 5.91 Å². The van der Waals surface area contributed by atoms with Gasteiger partial charge in [-0.25, -0.2) is 0 Å². The first-order valence-corrected chi connectivity index (χ1v) is 11.5. The Bertz CT molecular complexity index is 931. The van der Waals surface area contributed by atoms with Crippen molar-refractivity contribution in [2.45, 2.75) is 23.3 Å². The van der Waals surface area contributed by atoms with Crippen LogP contribution in [-0.4, -0.2) is 11.7 Å². The fraction of sp³-hybridized carbons (Fsp3) is 0.174. The molecule has 0 aliphatic heterocycles. The molecule has 3 aromatic rings. The second kappa shape index (κ2) is 10.6. The summed E-state index contributed by atoms with van der Waals surface area (Å²) in [6, 6.07) is 24.3. The standard InChI is InChI=1S/C23H22ClNOS2/c1-17-13-18(14-28-20-8-3-2-4-9-20)11-12-22(17)25-23(26)16-27-15-19-7-5-6-10-21(19)24/h2-13H,14-16H2,1H3,(H,25,26). The minimum atomic E-state index is 0.00608. The molecule has 0 radical (unpaired) electrons. The predicted molar refractivity (Wildman–Crippen MR) is 123 cm³/mol. The van der Waals surface area contributed by atoms with E-state index in [9.17, 15) is 4.79 Å². The number of benzene rings is 3. The number of aryl methyl sites for hydroxylation is 1. The normalized spacial score (nSPS) is 10.6. The van der Waals surface area contributed by atoms with Crippen molar-refractivity contribution >= 4 is 46.7 Å². The number of anilines is 1. The van der Waals surface area contributed by atoms with Crippen LogP contribution in [0, 0.1) is 6.92 Å². The average molecular weight is 428 g/mol. The van der Waals surface area contributed by atoms with Crippen molar-refractivity contribution in [3.05, 3.63) is 94.5 Å². The first-order chi connectivity index (χ1) is 13.6. The molecule has 2 nitrogen and oxygen atoms in total. The van der Waals surface area contributed by atoms with Crippen molar-refractivity contribution in [1.29, 1.82) is 0 Å². The number of halogens is 1. The zero-order valence-electron chi connectivity index (χ0n) is 15.7. The lowest BCUT2D eigenvalue weighted by atomic mass is 10.1. The van der Waals surface area contributed by atoms with Gasteiger partial charge >= 0.3 is 0 Å². The van der Waals surface area contributed by atoms with Crippen LogP contribution < -0.4 is 5.32 Å². The third-order valence-corrected chi connectivity index (χ3v) is 6.60. The molecule has 0 heterocycles. The second-order valence-corrected chi connectivity index (χ2v) is 8.82. The summed E-state index contributed by atoms with van der Waals surface area (Å²) in [6.45, 7) is 2.03. The predicted octanol–water partition coefficient (Wildman–Crippen LogP) is 6.81. The minimum Gasteiger partial charge on any atom is -0.325 e. The lowest BCUT2D eigenvalue weighted by molar-refractivity contribution is -0.113. The van der Waals surface area contributed by atoms with Gasteiger partial charge < -0.3 is 5.32 Å². The van der Waals surface area contributed by atoms with Crippen LogP contribution in [0.5, 0.6) is 0 Å². The van der Waals surface area contributed by atoms with Gasteiger partial charge in [0.25, 0.3) is 0 Å². The molecule has 0 aliphatic rings. The van der Waals surface area contributed by atoms with Crippen molar-refractivity contribution < 1.29 is 4.79 Å². The van der Waals surface area contributed by atoms with E-state index in [1.54, 1.807) is 11.8 Å². The molecule has 0 aliphatic carbocycles. The summed E-state index contributed by atoms with van der Waals surface area (Å²) in [5.41, 5.74) is 4.25. The van der Waals surface area contributed by atoms with E-state index in [2.05, 4.69) is 41.7 Å². The van der Waals surface area contributed by atoms with E-state index >= 15 is 0 Å². The first kappa shape index (κ1) is 20.8. The highest BCUT2D eigenvalue weighted by molar-refractivity contribution is 7.99. The van der Waals surface area contributed by atoms with E-state index in [1.165, 1.54) is 10.5 Å². The third kappa shape index (κ3) is 6.33. The number of hydrogen-bond donors (Lipinski definition) is 1. The average Bonchev–Trinajstić information content (AvgIpc) is 2.70. The maximum Gasteiger partial charge on any atom is 0.234 e. The summed E-state index contributed by atoms with van der Waals surface area (Å²) in [6.07, 6.45) is 0. The van der Waals surface area contributed by atoms with Crippen LogP contribution in [0.1, 0.15) is 16.7 Å². The van der Waals surface area contributed by atoms with Gasteiger partial charge in [-0.05, 0) is 47.9 Å². The number of thioether (sulfide) groups is 2. The molecule has 0 saturated heterocycles. The van der Waals surface area contributed by atoms with E-state index in [1.807, 2.05) is 55.1 Å². The molecule has 1 N–H and O–H groups in total. The van der Waals surface area contributed by atoms with Crippen molar-refractivity contribution in [2.24, 2.45) is 0 Å². The Morgan fingerprint density at radius 2 is 1.71 bits per heavy atom. The Balaban J connectivity index is 1.48. The van der Waals surface area contributed by atoms with E-state index in [4.69, 9.17) is 11.6 Å². The molecule has 3 aromatic carbocycles. The van der Waals surface area contributed by atoms with Crippen molar-refractivity contribution in [1.82, 2.24) is 0 Å². The van der Waals surface area contributed by atoms with Gasteiger partial charge in [0.1, 0.15) is 0 Å². The Morgan fingerprint density at radius 1 is 0.964 bits per heavy atom. The third-order valence-electron chi connectivity index (χ3n) is 4.16. The molecule has 5 heteroatoms. The van der Waals surface area contributed by atoms with Crippen LogP contribution >= 0.6 is 35.1 Å². The number of carbonyl (C=O) groups excluding carboxylic acids is 1. The van der Waals surface area contributed by atoms with Gasteiger partial charge in [0.15, 0.2) is 0 Å². The van der Waals surface area contributed by atoms with Crippen LogP contribution in [-0.2, 0) is 16.3 Å². The summed E-state index contributed by atoms with van der Waals surface area (Å²) < 4.78 is 0. The van der Waals surface area contributed by atoms with E-state index in [0.29, 0.717) is 5.75 Å². The van der Waals surface area contributed by atoms with Crippen LogP contribution in [0.2, 0.25) is 5.02 Å². The van der Waals surface area contributed by atoms with E-state index < -0.39 is 0 Å². The smallest absolute Gasteiger partial charge is 0.234 e. The monoisotopic (exact) mass is 427 g/mol. The lowest BCUT2D eigenvalue weighted by Gasteiger charge is -2.11. The maximum absolute atomic E-state index is 12.3. The molecule has 0 bridgehead atoms. The molecular weight excluding hydrogens is 406 g/mol. The summed E-state index contributed by atoms with van der Waals surface area (Å²) in [5, 5.41) is 3.76. The fourth-order valence-corrected chi connectivity index (χ4v) is 4.67. The first-order valence-electron chi connectivity index (χ1n) is 9.00. The second-order valence-electron chi connectivity index (χ2n) is 6.38. The molecule has 0 aromatic heterocycles. The van der Waals surface area contributed by atoms with E-state index in [0.717, 1.165) is 33.3 Å². The highest BCUT2D eigenvalue weighted by atomic mass is 35.5. The molecule has 0 unspecified atom stereocenters. The van der Waals surface area contributed by atoms with Gasteiger partial charge in [-0.3, -0.25) is 4.79 Å². The number of rotatable bonds is 8. The van der Waals surface area contributed by atoms with Gasteiger partial charge in [-0.2, -0.15) is 0 Å². The van der Waals surface area contributed by atoms with Gasteiger partial charge in [-0.15, -0.1) is 23.5 Å². The molecule has 144 valence electrons. The largest absolute Gasteiger partial charge is 0.325 e. The summed E-state index contributed by atoms with van der Waals surface area (Å²) in [4.78, 5) is 13.5. The van der Waals surface area contributed by atoms with Gasteiger partial charge in [0, 0.05) is 27.1 Å². The minimum absolute atomic E-state index is 0.00608. The topological polar surface area (TPSA) is 29.1 Å². The number of hydrogen-bond acceptors (Lipinski definition) is 3. The Kier molecular flexibility index (Phi) is 7.90. The molecule has 0 spiro atoms. The Morgan fingerprint density at radius 3 is 2.46 bits per heavy atom. The quantitative estimate of drug-likeness (QED) is 0.400. The maximum atomic E-state index is 12.3. The lowest BCUT2D eigenvalue weighted by Crippen LogP contribution is -2.15. The van der Waals surface area contributed by atoms with Gasteiger partial charge in [0.2, 0.25) is 5.91 Å². The number of amides is 1. The highest BCUT2D eigenvalue weighted by Gasteiger charge is 2.07. The zero-order chi connectivity index (χ0) is 19.8.